The number of anilines is 1. The molecule has 0 aliphatic carbocycles. The van der Waals surface area contributed by atoms with Gasteiger partial charge in [-0.3, -0.25) is 0 Å². The molecule has 2 aromatic rings. The van der Waals surface area contributed by atoms with Crippen molar-refractivity contribution in [2.75, 3.05) is 25.1 Å². The monoisotopic (exact) mass is 315 g/mol. The summed E-state index contributed by atoms with van der Waals surface area (Å²) in [5.74, 6) is 0.0765. The number of esters is 1. The van der Waals surface area contributed by atoms with Gasteiger partial charge in [-0.15, -0.1) is 11.3 Å². The van der Waals surface area contributed by atoms with Gasteiger partial charge in [0, 0.05) is 18.5 Å². The van der Waals surface area contributed by atoms with Gasteiger partial charge in [0.15, 0.2) is 0 Å². The van der Waals surface area contributed by atoms with E-state index in [1.807, 2.05) is 0 Å². The van der Waals surface area contributed by atoms with E-state index in [2.05, 4.69) is 15.3 Å². The summed E-state index contributed by atoms with van der Waals surface area (Å²) in [4.78, 5) is 20.8. The maximum Gasteiger partial charge on any atom is 0.339 e. The van der Waals surface area contributed by atoms with Gasteiger partial charge in [-0.05, 0) is 24.9 Å². The molecule has 2 N–H and O–H groups in total. The minimum atomic E-state index is -0.408. The summed E-state index contributed by atoms with van der Waals surface area (Å²) in [7, 11) is 0. The molecule has 0 radical (unpaired) electrons. The third-order valence-electron chi connectivity index (χ3n) is 2.53. The summed E-state index contributed by atoms with van der Waals surface area (Å²) in [6, 6.07) is 0. The number of ether oxygens (including phenoxy) is 1. The summed E-state index contributed by atoms with van der Waals surface area (Å²) in [6.07, 6.45) is 0.571. The topological polar surface area (TPSA) is 84.3 Å². The Balaban J connectivity index is 2.42. The second kappa shape index (κ2) is 6.83. The van der Waals surface area contributed by atoms with E-state index in [9.17, 15) is 4.79 Å². The fraction of sp³-hybridized carbons (Fsp3) is 0.417. The second-order valence-corrected chi connectivity index (χ2v) is 5.09. The van der Waals surface area contributed by atoms with Crippen LogP contribution in [0.25, 0.3) is 10.2 Å². The maximum atomic E-state index is 11.9. The van der Waals surface area contributed by atoms with Gasteiger partial charge in [-0.1, -0.05) is 0 Å². The Labute approximate surface area is 124 Å². The fourth-order valence-electron chi connectivity index (χ4n) is 1.69. The van der Waals surface area contributed by atoms with E-state index in [4.69, 9.17) is 21.4 Å². The fourth-order valence-corrected chi connectivity index (χ4v) is 2.81. The summed E-state index contributed by atoms with van der Waals surface area (Å²) in [6.45, 7) is 2.65. The molecular weight excluding hydrogens is 302 g/mol. The molecule has 2 heterocycles. The van der Waals surface area contributed by atoms with Crippen molar-refractivity contribution in [3.8, 4) is 0 Å². The normalized spacial score (nSPS) is 10.8. The Bertz CT molecular complexity index is 617. The number of thiophene rings is 1. The standard InChI is InChI=1S/C12H14ClN3O3S/c1-2-19-11(18)7-6-20-10-8(7)9(14-4-3-5-17)15-12(13)16-10/h6,17H,2-5H2,1H3,(H,14,15,16). The smallest absolute Gasteiger partial charge is 0.339 e. The highest BCUT2D eigenvalue weighted by atomic mass is 35.5. The number of halogens is 1. The number of carbonyl (C=O) groups excluding carboxylic acids is 1. The molecular formula is C12H14ClN3O3S. The van der Waals surface area contributed by atoms with E-state index in [1.54, 1.807) is 12.3 Å². The molecule has 6 nitrogen and oxygen atoms in total. The minimum Gasteiger partial charge on any atom is -0.462 e. The Hall–Kier alpha value is -1.44. The molecule has 2 rings (SSSR count). The first-order valence-electron chi connectivity index (χ1n) is 6.14. The number of aromatic nitrogens is 2. The van der Waals surface area contributed by atoms with Crippen molar-refractivity contribution in [1.29, 1.82) is 0 Å². The Morgan fingerprint density at radius 2 is 2.35 bits per heavy atom. The molecule has 0 unspecified atom stereocenters. The summed E-state index contributed by atoms with van der Waals surface area (Å²) < 4.78 is 5.02. The largest absolute Gasteiger partial charge is 0.462 e. The van der Waals surface area contributed by atoms with Crippen LogP contribution in [0.4, 0.5) is 5.82 Å². The third-order valence-corrected chi connectivity index (χ3v) is 3.57. The molecule has 0 atom stereocenters. The van der Waals surface area contributed by atoms with Gasteiger partial charge in [0.05, 0.1) is 17.6 Å². The van der Waals surface area contributed by atoms with E-state index in [0.29, 0.717) is 41.2 Å². The highest BCUT2D eigenvalue weighted by Gasteiger charge is 2.19. The molecule has 8 heteroatoms. The molecule has 0 saturated carbocycles. The molecule has 0 spiro atoms. The first-order chi connectivity index (χ1) is 9.67. The lowest BCUT2D eigenvalue weighted by Crippen LogP contribution is -2.09. The summed E-state index contributed by atoms with van der Waals surface area (Å²) in [5.41, 5.74) is 0.426. The highest BCUT2D eigenvalue weighted by Crippen LogP contribution is 2.31. The molecule has 20 heavy (non-hydrogen) atoms. The maximum absolute atomic E-state index is 11.9. The van der Waals surface area contributed by atoms with Crippen LogP contribution in [0.3, 0.4) is 0 Å². The van der Waals surface area contributed by atoms with E-state index < -0.39 is 5.97 Å². The zero-order chi connectivity index (χ0) is 14.5. The van der Waals surface area contributed by atoms with Crippen molar-refractivity contribution in [3.05, 3.63) is 16.2 Å². The second-order valence-electron chi connectivity index (χ2n) is 3.90. The number of nitrogens with one attached hydrogen (secondary N) is 1. The first kappa shape index (κ1) is 15.0. The quantitative estimate of drug-likeness (QED) is 0.483. The highest BCUT2D eigenvalue weighted by molar-refractivity contribution is 7.17. The molecule has 108 valence electrons. The third kappa shape index (κ3) is 3.17. The lowest BCUT2D eigenvalue weighted by Gasteiger charge is -2.07. The van der Waals surface area contributed by atoms with Crippen LogP contribution in [0, 0.1) is 0 Å². The average molecular weight is 316 g/mol. The van der Waals surface area contributed by atoms with Crippen LogP contribution < -0.4 is 5.32 Å². The van der Waals surface area contributed by atoms with Crippen LogP contribution in [-0.4, -0.2) is 40.8 Å². The lowest BCUT2D eigenvalue weighted by atomic mass is 10.2. The summed E-state index contributed by atoms with van der Waals surface area (Å²) >= 11 is 7.18. The van der Waals surface area contributed by atoms with Crippen molar-refractivity contribution in [2.24, 2.45) is 0 Å². The molecule has 0 aliphatic rings. The van der Waals surface area contributed by atoms with Crippen molar-refractivity contribution < 1.29 is 14.6 Å². The number of aliphatic hydroxyl groups excluding tert-OH is 1. The van der Waals surface area contributed by atoms with E-state index in [1.165, 1.54) is 11.3 Å². The predicted molar refractivity (Wildman–Crippen MR) is 78.6 cm³/mol. The zero-order valence-electron chi connectivity index (χ0n) is 10.9. The Kier molecular flexibility index (Phi) is 5.11. The van der Waals surface area contributed by atoms with Crippen LogP contribution in [-0.2, 0) is 4.74 Å². The lowest BCUT2D eigenvalue weighted by molar-refractivity contribution is 0.0529. The molecule has 0 aliphatic heterocycles. The average Bonchev–Trinajstić information content (AvgIpc) is 2.83. The minimum absolute atomic E-state index is 0.0727. The number of fused-ring (bicyclic) bond motifs is 1. The zero-order valence-corrected chi connectivity index (χ0v) is 12.4. The summed E-state index contributed by atoms with van der Waals surface area (Å²) in [5, 5.41) is 14.3. The van der Waals surface area contributed by atoms with Crippen LogP contribution in [0.5, 0.6) is 0 Å². The number of rotatable bonds is 6. The van der Waals surface area contributed by atoms with Crippen molar-refractivity contribution in [1.82, 2.24) is 9.97 Å². The van der Waals surface area contributed by atoms with Gasteiger partial charge in [-0.2, -0.15) is 0 Å². The Morgan fingerprint density at radius 1 is 1.55 bits per heavy atom. The van der Waals surface area contributed by atoms with Gasteiger partial charge < -0.3 is 15.2 Å². The first-order valence-corrected chi connectivity index (χ1v) is 7.39. The molecule has 0 fully saturated rings. The molecule has 2 aromatic heterocycles. The SMILES string of the molecule is CCOC(=O)c1csc2nc(Cl)nc(NCCCO)c12. The molecule has 0 bridgehead atoms. The van der Waals surface area contributed by atoms with Gasteiger partial charge >= 0.3 is 5.97 Å². The van der Waals surface area contributed by atoms with Crippen molar-refractivity contribution in [3.63, 3.8) is 0 Å². The van der Waals surface area contributed by atoms with Crippen molar-refractivity contribution >= 4 is 44.9 Å². The van der Waals surface area contributed by atoms with Crippen LogP contribution >= 0.6 is 22.9 Å². The van der Waals surface area contributed by atoms with E-state index in [0.717, 1.165) is 0 Å². The van der Waals surface area contributed by atoms with Crippen molar-refractivity contribution in [2.45, 2.75) is 13.3 Å². The van der Waals surface area contributed by atoms with Crippen LogP contribution in [0.2, 0.25) is 5.28 Å². The molecule has 0 saturated heterocycles. The molecule has 0 amide bonds. The Morgan fingerprint density at radius 3 is 3.05 bits per heavy atom. The number of nitrogens with zero attached hydrogens (tertiary/aromatic N) is 2. The number of hydrogen-bond acceptors (Lipinski definition) is 7. The van der Waals surface area contributed by atoms with Gasteiger partial charge in [-0.25, -0.2) is 14.8 Å². The molecule has 0 aromatic carbocycles. The van der Waals surface area contributed by atoms with Gasteiger partial charge in [0.2, 0.25) is 5.28 Å². The number of aliphatic hydroxyl groups is 1. The van der Waals surface area contributed by atoms with E-state index in [-0.39, 0.29) is 11.9 Å². The number of hydrogen-bond donors (Lipinski definition) is 2. The van der Waals surface area contributed by atoms with Gasteiger partial charge in [0.25, 0.3) is 0 Å². The number of carbonyl (C=O) groups is 1. The van der Waals surface area contributed by atoms with Crippen LogP contribution in [0.1, 0.15) is 23.7 Å². The van der Waals surface area contributed by atoms with E-state index >= 15 is 0 Å². The predicted octanol–water partition coefficient (Wildman–Crippen LogP) is 2.32. The van der Waals surface area contributed by atoms with Gasteiger partial charge in [0.1, 0.15) is 10.6 Å². The van der Waals surface area contributed by atoms with Crippen LogP contribution in [0.15, 0.2) is 5.38 Å².